The molecule has 0 saturated carbocycles. The number of nitrogens with zero attached hydrogens (tertiary/aromatic N) is 5. The van der Waals surface area contributed by atoms with E-state index < -0.39 is 5.97 Å². The van der Waals surface area contributed by atoms with Gasteiger partial charge in [0, 0.05) is 42.1 Å². The molecule has 2 saturated heterocycles. The molecule has 0 unspecified atom stereocenters. The average Bonchev–Trinajstić information content (AvgIpc) is 3.34. The van der Waals surface area contributed by atoms with E-state index in [4.69, 9.17) is 19.4 Å². The highest BCUT2D eigenvalue weighted by Gasteiger charge is 2.26. The summed E-state index contributed by atoms with van der Waals surface area (Å²) in [5, 5.41) is 11.8. The van der Waals surface area contributed by atoms with E-state index in [-0.39, 0.29) is 11.7 Å². The van der Waals surface area contributed by atoms with E-state index in [9.17, 15) is 9.90 Å². The zero-order valence-corrected chi connectivity index (χ0v) is 23.4. The Labute approximate surface area is 243 Å². The summed E-state index contributed by atoms with van der Waals surface area (Å²) >= 11 is 0. The Bertz CT molecular complexity index is 1740. The Balaban J connectivity index is 1.000. The van der Waals surface area contributed by atoms with Crippen LogP contribution in [-0.4, -0.2) is 61.3 Å². The smallest absolute Gasteiger partial charge is 0.335 e. The number of carbonyl (C=O) groups is 1. The number of piperidine rings is 1. The van der Waals surface area contributed by atoms with Crippen molar-refractivity contribution in [1.29, 1.82) is 0 Å². The van der Waals surface area contributed by atoms with Gasteiger partial charge in [-0.05, 0) is 79.7 Å². The quantitative estimate of drug-likeness (QED) is 0.254. The van der Waals surface area contributed by atoms with Gasteiger partial charge in [0.05, 0.1) is 35.8 Å². The third-order valence-electron chi connectivity index (χ3n) is 8.46. The summed E-state index contributed by atoms with van der Waals surface area (Å²) in [5.41, 5.74) is 4.12. The Morgan fingerprint density at radius 1 is 1.00 bits per heavy atom. The van der Waals surface area contributed by atoms with Gasteiger partial charge in [-0.3, -0.25) is 9.88 Å². The normalized spacial score (nSPS) is 17.9. The first kappa shape index (κ1) is 26.6. The fraction of sp³-hybridized carbons (Fsp3) is 0.333. The van der Waals surface area contributed by atoms with E-state index in [2.05, 4.69) is 38.7 Å². The van der Waals surface area contributed by atoms with Gasteiger partial charge < -0.3 is 19.1 Å². The molecule has 0 spiro atoms. The number of hydrogen-bond donors (Lipinski definition) is 1. The first-order valence-corrected chi connectivity index (χ1v) is 14.6. The monoisotopic (exact) mass is 563 g/mol. The molecular formula is C33H33N5O4. The van der Waals surface area contributed by atoms with E-state index in [1.54, 1.807) is 18.3 Å². The van der Waals surface area contributed by atoms with E-state index in [1.807, 2.05) is 30.5 Å². The number of carboxylic acid groups (broad SMARTS) is 1. The fourth-order valence-electron chi connectivity index (χ4n) is 5.97. The SMILES string of the molecule is O=C(O)c1ccc2nc(CN3CCC(c4cccc(OCc5ccc6ccncc6c5)n4)CC3)n(C[C@@H]3CCO3)c2c1. The lowest BCUT2D eigenvalue weighted by Gasteiger charge is -2.32. The Kier molecular flexibility index (Phi) is 7.27. The summed E-state index contributed by atoms with van der Waals surface area (Å²) in [6.45, 7) is 4.52. The first-order valence-electron chi connectivity index (χ1n) is 14.6. The molecule has 5 aromatic rings. The summed E-state index contributed by atoms with van der Waals surface area (Å²) in [7, 11) is 0. The molecule has 0 amide bonds. The number of fused-ring (bicyclic) bond motifs is 2. The van der Waals surface area contributed by atoms with E-state index in [1.165, 1.54) is 0 Å². The topological polar surface area (TPSA) is 103 Å². The fourth-order valence-corrected chi connectivity index (χ4v) is 5.97. The molecule has 3 aromatic heterocycles. The highest BCUT2D eigenvalue weighted by atomic mass is 16.5. The molecule has 2 aliphatic rings. The van der Waals surface area contributed by atoms with E-state index >= 15 is 0 Å². The van der Waals surface area contributed by atoms with Crippen LogP contribution >= 0.6 is 0 Å². The van der Waals surface area contributed by atoms with Crippen molar-refractivity contribution in [3.8, 4) is 5.88 Å². The molecule has 214 valence electrons. The largest absolute Gasteiger partial charge is 0.478 e. The second kappa shape index (κ2) is 11.5. The maximum absolute atomic E-state index is 11.6. The van der Waals surface area contributed by atoms with Crippen molar-refractivity contribution in [2.24, 2.45) is 0 Å². The van der Waals surface area contributed by atoms with Gasteiger partial charge in [0.25, 0.3) is 0 Å². The number of imidazole rings is 1. The van der Waals surface area contributed by atoms with Gasteiger partial charge in [-0.25, -0.2) is 14.8 Å². The minimum absolute atomic E-state index is 0.152. The standard InChI is InChI=1S/C33H33N5O4/c39-33(40)25-6-7-29-30(17-25)38(19-27-11-15-41-27)31(35-29)20-37-13-9-24(10-14-37)28-2-1-3-32(36-28)42-21-22-4-5-23-8-12-34-18-26(23)16-22/h1-8,12,16-18,24,27H,9-11,13-15,19-21H2,(H,39,40)/t27-/m0/s1. The third-order valence-corrected chi connectivity index (χ3v) is 8.46. The molecule has 1 atom stereocenters. The van der Waals surface area contributed by atoms with E-state index in [0.29, 0.717) is 31.5 Å². The zero-order valence-electron chi connectivity index (χ0n) is 23.4. The van der Waals surface area contributed by atoms with Crippen LogP contribution in [0.5, 0.6) is 5.88 Å². The second-order valence-corrected chi connectivity index (χ2v) is 11.2. The number of aromatic nitrogens is 4. The van der Waals surface area contributed by atoms with Crippen LogP contribution in [0.1, 0.15) is 52.6 Å². The molecule has 2 fully saturated rings. The molecule has 5 heterocycles. The Morgan fingerprint density at radius 2 is 1.88 bits per heavy atom. The summed E-state index contributed by atoms with van der Waals surface area (Å²) in [4.78, 5) is 28.0. The van der Waals surface area contributed by atoms with Crippen molar-refractivity contribution in [2.45, 2.75) is 51.0 Å². The number of carboxylic acids is 1. The van der Waals surface area contributed by atoms with Crippen LogP contribution in [0.3, 0.4) is 0 Å². The molecule has 0 radical (unpaired) electrons. The van der Waals surface area contributed by atoms with Gasteiger partial charge in [0.2, 0.25) is 5.88 Å². The molecule has 2 aromatic carbocycles. The summed E-state index contributed by atoms with van der Waals surface area (Å²) in [6.07, 6.45) is 6.85. The van der Waals surface area contributed by atoms with Crippen molar-refractivity contribution < 1.29 is 19.4 Å². The summed E-state index contributed by atoms with van der Waals surface area (Å²) in [6, 6.07) is 19.5. The number of likely N-dealkylation sites (tertiary alicyclic amines) is 1. The molecule has 42 heavy (non-hydrogen) atoms. The van der Waals surface area contributed by atoms with Crippen molar-refractivity contribution in [2.75, 3.05) is 19.7 Å². The predicted molar refractivity (Wildman–Crippen MR) is 159 cm³/mol. The number of ether oxygens (including phenoxy) is 2. The molecule has 7 rings (SSSR count). The van der Waals surface area contributed by atoms with Gasteiger partial charge in [-0.15, -0.1) is 0 Å². The second-order valence-electron chi connectivity index (χ2n) is 11.2. The number of rotatable bonds is 9. The lowest BCUT2D eigenvalue weighted by molar-refractivity contribution is -0.0592. The van der Waals surface area contributed by atoms with Gasteiger partial charge in [0.1, 0.15) is 12.4 Å². The van der Waals surface area contributed by atoms with Crippen LogP contribution in [0.25, 0.3) is 21.8 Å². The molecule has 9 nitrogen and oxygen atoms in total. The molecule has 0 aliphatic carbocycles. The minimum Gasteiger partial charge on any atom is -0.478 e. The molecule has 9 heteroatoms. The van der Waals surface area contributed by atoms with Gasteiger partial charge in [0.15, 0.2) is 0 Å². The Morgan fingerprint density at radius 3 is 2.69 bits per heavy atom. The first-order chi connectivity index (χ1) is 20.6. The number of benzene rings is 2. The van der Waals surface area contributed by atoms with Crippen molar-refractivity contribution in [3.05, 3.63) is 95.7 Å². The van der Waals surface area contributed by atoms with Crippen molar-refractivity contribution >= 4 is 27.8 Å². The highest BCUT2D eigenvalue weighted by Crippen LogP contribution is 2.30. The molecule has 1 N–H and O–H groups in total. The molecule has 2 aliphatic heterocycles. The predicted octanol–water partition coefficient (Wildman–Crippen LogP) is 5.43. The van der Waals surface area contributed by atoms with Crippen LogP contribution in [0.2, 0.25) is 0 Å². The van der Waals surface area contributed by atoms with Gasteiger partial charge in [-0.1, -0.05) is 18.2 Å². The average molecular weight is 564 g/mol. The van der Waals surface area contributed by atoms with Crippen LogP contribution in [0.15, 0.2) is 73.1 Å². The van der Waals surface area contributed by atoms with Crippen molar-refractivity contribution in [3.63, 3.8) is 0 Å². The zero-order chi connectivity index (χ0) is 28.5. The van der Waals surface area contributed by atoms with Crippen LogP contribution in [-0.2, 0) is 24.4 Å². The van der Waals surface area contributed by atoms with E-state index in [0.717, 1.165) is 77.8 Å². The van der Waals surface area contributed by atoms with Crippen LogP contribution < -0.4 is 4.74 Å². The summed E-state index contributed by atoms with van der Waals surface area (Å²) < 4.78 is 14.0. The van der Waals surface area contributed by atoms with Crippen LogP contribution in [0, 0.1) is 0 Å². The maximum Gasteiger partial charge on any atom is 0.335 e. The lowest BCUT2D eigenvalue weighted by Crippen LogP contribution is -2.35. The van der Waals surface area contributed by atoms with Crippen molar-refractivity contribution in [1.82, 2.24) is 24.4 Å². The number of aromatic carboxylic acids is 1. The third kappa shape index (κ3) is 5.57. The maximum atomic E-state index is 11.6. The lowest BCUT2D eigenvalue weighted by atomic mass is 9.93. The van der Waals surface area contributed by atoms with Gasteiger partial charge in [-0.2, -0.15) is 0 Å². The highest BCUT2D eigenvalue weighted by molar-refractivity contribution is 5.92. The number of hydrogen-bond acceptors (Lipinski definition) is 7. The summed E-state index contributed by atoms with van der Waals surface area (Å²) in [5.74, 6) is 1.05. The van der Waals surface area contributed by atoms with Crippen LogP contribution in [0.4, 0.5) is 0 Å². The minimum atomic E-state index is -0.928. The molecule has 0 bridgehead atoms. The van der Waals surface area contributed by atoms with Gasteiger partial charge >= 0.3 is 5.97 Å². The molecular weight excluding hydrogens is 530 g/mol. The Hall–Kier alpha value is -4.34. The number of pyridine rings is 2.